The number of halogens is 10. The van der Waals surface area contributed by atoms with Crippen LogP contribution >= 0.6 is 116 Å². The summed E-state index contributed by atoms with van der Waals surface area (Å²) in [7, 11) is 0. The van der Waals surface area contributed by atoms with Gasteiger partial charge in [0, 0.05) is 50.2 Å². The third-order valence-electron chi connectivity index (χ3n) is 5.67. The highest BCUT2D eigenvalue weighted by atomic mass is 35.5. The number of aryl methyl sites for hydroxylation is 5. The van der Waals surface area contributed by atoms with E-state index >= 15 is 0 Å². The van der Waals surface area contributed by atoms with Gasteiger partial charge in [0.2, 0.25) is 0 Å². The molecule has 0 saturated heterocycles. The van der Waals surface area contributed by atoms with Crippen LogP contribution in [-0.2, 0) is 0 Å². The van der Waals surface area contributed by atoms with Gasteiger partial charge in [0.05, 0.1) is 0 Å². The lowest BCUT2D eigenvalue weighted by molar-refractivity contribution is 1.47. The first-order valence-corrected chi connectivity index (χ1v) is 20.9. The molecule has 0 spiro atoms. The highest BCUT2D eigenvalue weighted by Crippen LogP contribution is 2.22. The molecule has 0 fully saturated rings. The van der Waals surface area contributed by atoms with Gasteiger partial charge >= 0.3 is 0 Å². The quantitative estimate of drug-likeness (QED) is 0.145. The number of hydrogen-bond donors (Lipinski definition) is 0. The van der Waals surface area contributed by atoms with Crippen LogP contribution in [0.1, 0.15) is 83.2 Å². The molecule has 5 aromatic carbocycles. The second-order valence-electron chi connectivity index (χ2n) is 9.47. The van der Waals surface area contributed by atoms with Gasteiger partial charge < -0.3 is 0 Å². The summed E-state index contributed by atoms with van der Waals surface area (Å²) in [5.41, 5.74) is 5.28. The van der Waals surface area contributed by atoms with Gasteiger partial charge in [0.1, 0.15) is 0 Å². The molecule has 0 aliphatic carbocycles. The molecule has 0 N–H and O–H groups in total. The van der Waals surface area contributed by atoms with E-state index in [9.17, 15) is 0 Å². The highest BCUT2D eigenvalue weighted by molar-refractivity contribution is 6.37. The normalized spacial score (nSPS) is 8.66. The maximum Gasteiger partial charge on any atom is 0.0449 e. The van der Waals surface area contributed by atoms with Crippen LogP contribution in [0.3, 0.4) is 0 Å². The van der Waals surface area contributed by atoms with Gasteiger partial charge in [-0.2, -0.15) is 0 Å². The molecule has 0 nitrogen and oxygen atoms in total. The molecule has 53 heavy (non-hydrogen) atoms. The summed E-state index contributed by atoms with van der Waals surface area (Å²) >= 11 is 56.8. The van der Waals surface area contributed by atoms with Crippen LogP contribution in [0.15, 0.2) is 91.0 Å². The van der Waals surface area contributed by atoms with Crippen molar-refractivity contribution in [2.45, 2.75) is 90.0 Å². The highest BCUT2D eigenvalue weighted by Gasteiger charge is 1.96. The van der Waals surface area contributed by atoms with Crippen molar-refractivity contribution in [3.05, 3.63) is 169 Å². The van der Waals surface area contributed by atoms with Crippen molar-refractivity contribution in [3.63, 3.8) is 0 Å². The summed E-state index contributed by atoms with van der Waals surface area (Å²) in [6.45, 7) is 25.7. The third kappa shape index (κ3) is 29.9. The molecule has 0 saturated carbocycles. The summed E-state index contributed by atoms with van der Waals surface area (Å²) in [4.78, 5) is 0. The van der Waals surface area contributed by atoms with Crippen molar-refractivity contribution in [1.82, 2.24) is 0 Å². The van der Waals surface area contributed by atoms with Crippen molar-refractivity contribution < 1.29 is 0 Å². The Labute approximate surface area is 371 Å². The lowest BCUT2D eigenvalue weighted by Gasteiger charge is -1.94. The molecule has 0 unspecified atom stereocenters. The fourth-order valence-corrected chi connectivity index (χ4v) is 4.88. The SMILES string of the molecule is CC.CC.CC.CC.Cc1ccc(Cl)cc1Cl.Cc1ccc(Cl)cc1Cl.Cc1ccc(Cl)cc1Cl.Cc1ccc(Cl)cc1Cl.Cc1ccc(Cl)cc1Cl. The molecule has 10 heteroatoms. The molecular formula is C43H54Cl10. The number of benzene rings is 5. The lowest BCUT2D eigenvalue weighted by atomic mass is 10.2. The second-order valence-corrected chi connectivity index (χ2v) is 13.7. The van der Waals surface area contributed by atoms with E-state index in [0.717, 1.165) is 52.9 Å². The van der Waals surface area contributed by atoms with E-state index < -0.39 is 0 Å². The Morgan fingerprint density at radius 2 is 0.340 bits per heavy atom. The topological polar surface area (TPSA) is 0 Å². The van der Waals surface area contributed by atoms with Crippen molar-refractivity contribution >= 4 is 116 Å². The predicted molar refractivity (Wildman–Crippen MR) is 251 cm³/mol. The summed E-state index contributed by atoms with van der Waals surface area (Å²) in [6, 6.07) is 27.3. The standard InChI is InChI=1S/5C7H6Cl2.4C2H6/c5*1-5-2-3-6(8)4-7(5)9;4*1-2/h5*2-4H,1H3;4*1-2H3. The van der Waals surface area contributed by atoms with Crippen molar-refractivity contribution in [2.24, 2.45) is 0 Å². The minimum atomic E-state index is 0.686. The zero-order valence-corrected chi connectivity index (χ0v) is 40.5. The summed E-state index contributed by atoms with van der Waals surface area (Å²) in [5, 5.41) is 7.05. The van der Waals surface area contributed by atoms with Crippen LogP contribution in [0.25, 0.3) is 0 Å². The molecule has 0 aliphatic rings. The van der Waals surface area contributed by atoms with Gasteiger partial charge in [-0.15, -0.1) is 0 Å². The molecular weight excluding hydrogens is 871 g/mol. The van der Waals surface area contributed by atoms with E-state index in [1.165, 1.54) is 0 Å². The van der Waals surface area contributed by atoms with Crippen LogP contribution in [0.5, 0.6) is 0 Å². The monoisotopic (exact) mass is 920 g/mol. The van der Waals surface area contributed by atoms with E-state index in [2.05, 4.69) is 0 Å². The third-order valence-corrected chi connectivity index (χ3v) is 8.88. The largest absolute Gasteiger partial charge is 0.0843 e. The van der Waals surface area contributed by atoms with E-state index in [1.54, 1.807) is 30.3 Å². The van der Waals surface area contributed by atoms with Gasteiger partial charge in [0.25, 0.3) is 0 Å². The van der Waals surface area contributed by atoms with E-state index in [0.29, 0.717) is 25.1 Å². The molecule has 0 radical (unpaired) electrons. The van der Waals surface area contributed by atoms with Gasteiger partial charge in [-0.05, 0) is 123 Å². The molecule has 0 atom stereocenters. The molecule has 0 bridgehead atoms. The minimum absolute atomic E-state index is 0.686. The van der Waals surface area contributed by atoms with Gasteiger partial charge in [-0.3, -0.25) is 0 Å². The maximum atomic E-state index is 5.73. The predicted octanol–water partition coefficient (Wildman–Crippen LogP) is 20.6. The summed E-state index contributed by atoms with van der Waals surface area (Å²) in [6.07, 6.45) is 0. The summed E-state index contributed by atoms with van der Waals surface area (Å²) < 4.78 is 0. The van der Waals surface area contributed by atoms with Crippen LogP contribution in [-0.4, -0.2) is 0 Å². The molecule has 5 aromatic rings. The average Bonchev–Trinajstić information content (AvgIpc) is 3.14. The Bertz CT molecular complexity index is 1380. The van der Waals surface area contributed by atoms with Crippen LogP contribution in [0, 0.1) is 34.6 Å². The Morgan fingerprint density at radius 1 is 0.226 bits per heavy atom. The first-order chi connectivity index (χ1) is 25.0. The zero-order chi connectivity index (χ0) is 42.3. The Morgan fingerprint density at radius 3 is 0.415 bits per heavy atom. The van der Waals surface area contributed by atoms with E-state index in [1.807, 2.05) is 151 Å². The van der Waals surface area contributed by atoms with E-state index in [4.69, 9.17) is 116 Å². The summed E-state index contributed by atoms with van der Waals surface area (Å²) in [5.74, 6) is 0. The number of rotatable bonds is 0. The van der Waals surface area contributed by atoms with Crippen LogP contribution in [0.4, 0.5) is 0 Å². The minimum Gasteiger partial charge on any atom is -0.0843 e. The first-order valence-electron chi connectivity index (χ1n) is 17.1. The van der Waals surface area contributed by atoms with Gasteiger partial charge in [-0.25, -0.2) is 0 Å². The fourth-order valence-electron chi connectivity index (χ4n) is 2.84. The molecule has 0 aromatic heterocycles. The average molecular weight is 925 g/mol. The first kappa shape index (κ1) is 58.7. The Kier molecular flexibility index (Phi) is 40.6. The second kappa shape index (κ2) is 36.6. The zero-order valence-electron chi connectivity index (χ0n) is 32.9. The van der Waals surface area contributed by atoms with E-state index in [-0.39, 0.29) is 0 Å². The van der Waals surface area contributed by atoms with Crippen molar-refractivity contribution in [3.8, 4) is 0 Å². The van der Waals surface area contributed by atoms with Crippen molar-refractivity contribution in [1.29, 1.82) is 0 Å². The van der Waals surface area contributed by atoms with Crippen LogP contribution in [0.2, 0.25) is 50.2 Å². The van der Waals surface area contributed by atoms with Gasteiger partial charge in [-0.1, -0.05) is 202 Å². The molecule has 0 aliphatic heterocycles. The smallest absolute Gasteiger partial charge is 0.0449 e. The fraction of sp³-hybridized carbons (Fsp3) is 0.302. The molecule has 296 valence electrons. The Hall–Kier alpha value is -1.000. The van der Waals surface area contributed by atoms with Crippen LogP contribution < -0.4 is 0 Å². The molecule has 0 heterocycles. The lowest BCUT2D eigenvalue weighted by Crippen LogP contribution is -1.71. The number of hydrogen-bond acceptors (Lipinski definition) is 0. The van der Waals surface area contributed by atoms with Crippen molar-refractivity contribution in [2.75, 3.05) is 0 Å². The molecule has 0 amide bonds. The maximum absolute atomic E-state index is 5.73. The Balaban J connectivity index is -0.000000270. The van der Waals surface area contributed by atoms with Gasteiger partial charge in [0.15, 0.2) is 0 Å². The molecule has 5 rings (SSSR count).